The van der Waals surface area contributed by atoms with Crippen molar-refractivity contribution in [2.45, 2.75) is 52.7 Å². The molecular formula is C16H27NO2. The minimum Gasteiger partial charge on any atom is -0.493 e. The van der Waals surface area contributed by atoms with Crippen molar-refractivity contribution in [1.29, 1.82) is 0 Å². The third-order valence-corrected chi connectivity index (χ3v) is 3.18. The average molecular weight is 265 g/mol. The fraction of sp³-hybridized carbons (Fsp3) is 0.625. The summed E-state index contributed by atoms with van der Waals surface area (Å²) in [6.07, 6.45) is 0.627. The van der Waals surface area contributed by atoms with Crippen LogP contribution in [0.4, 0.5) is 0 Å². The van der Waals surface area contributed by atoms with Crippen molar-refractivity contribution >= 4 is 0 Å². The Labute approximate surface area is 117 Å². The van der Waals surface area contributed by atoms with Crippen molar-refractivity contribution in [3.05, 3.63) is 29.3 Å². The van der Waals surface area contributed by atoms with Gasteiger partial charge in [-0.15, -0.1) is 0 Å². The highest BCUT2D eigenvalue weighted by Gasteiger charge is 2.13. The maximum atomic E-state index is 9.65. The molecule has 0 spiro atoms. The smallest absolute Gasteiger partial charge is 0.122 e. The Balaban J connectivity index is 2.62. The van der Waals surface area contributed by atoms with Crippen LogP contribution in [0.2, 0.25) is 0 Å². The molecule has 108 valence electrons. The van der Waals surface area contributed by atoms with E-state index in [2.05, 4.69) is 38.2 Å². The molecule has 0 fully saturated rings. The highest BCUT2D eigenvalue weighted by atomic mass is 16.5. The van der Waals surface area contributed by atoms with Crippen LogP contribution in [-0.4, -0.2) is 23.9 Å². The van der Waals surface area contributed by atoms with Crippen LogP contribution in [0.25, 0.3) is 0 Å². The second kappa shape index (κ2) is 6.92. The molecular weight excluding hydrogens is 238 g/mol. The van der Waals surface area contributed by atoms with E-state index in [1.165, 1.54) is 5.56 Å². The Bertz CT molecular complexity index is 396. The average Bonchev–Trinajstić information content (AvgIpc) is 2.30. The van der Waals surface area contributed by atoms with Gasteiger partial charge in [-0.05, 0) is 51.4 Å². The Morgan fingerprint density at radius 3 is 2.58 bits per heavy atom. The van der Waals surface area contributed by atoms with Crippen LogP contribution in [0.5, 0.6) is 5.75 Å². The van der Waals surface area contributed by atoms with Crippen LogP contribution in [0, 0.1) is 6.92 Å². The first-order valence-electron chi connectivity index (χ1n) is 7.02. The lowest BCUT2D eigenvalue weighted by Crippen LogP contribution is -2.22. The molecule has 0 aromatic heterocycles. The van der Waals surface area contributed by atoms with E-state index in [0.29, 0.717) is 19.1 Å². The van der Waals surface area contributed by atoms with E-state index < -0.39 is 5.60 Å². The van der Waals surface area contributed by atoms with Crippen molar-refractivity contribution in [2.75, 3.05) is 13.2 Å². The molecule has 2 N–H and O–H groups in total. The third-order valence-electron chi connectivity index (χ3n) is 3.18. The van der Waals surface area contributed by atoms with E-state index in [1.54, 1.807) is 13.8 Å². The normalized spacial score (nSPS) is 13.4. The van der Waals surface area contributed by atoms with Gasteiger partial charge in [0.05, 0.1) is 12.2 Å². The van der Waals surface area contributed by atoms with E-state index in [9.17, 15) is 5.11 Å². The number of benzene rings is 1. The predicted octanol–water partition coefficient (Wildman–Crippen LogP) is 3.21. The van der Waals surface area contributed by atoms with Gasteiger partial charge in [0.2, 0.25) is 0 Å². The molecule has 1 aromatic rings. The number of nitrogens with one attached hydrogen (secondary N) is 1. The molecule has 1 unspecified atom stereocenters. The van der Waals surface area contributed by atoms with E-state index in [4.69, 9.17) is 4.74 Å². The van der Waals surface area contributed by atoms with E-state index in [-0.39, 0.29) is 0 Å². The topological polar surface area (TPSA) is 41.5 Å². The largest absolute Gasteiger partial charge is 0.493 e. The molecule has 0 amide bonds. The van der Waals surface area contributed by atoms with Gasteiger partial charge < -0.3 is 15.2 Å². The van der Waals surface area contributed by atoms with Crippen LogP contribution < -0.4 is 10.1 Å². The summed E-state index contributed by atoms with van der Waals surface area (Å²) in [6.45, 7) is 11.4. The van der Waals surface area contributed by atoms with Gasteiger partial charge in [0.1, 0.15) is 5.75 Å². The van der Waals surface area contributed by atoms with Gasteiger partial charge in [0, 0.05) is 12.5 Å². The number of rotatable bonds is 7. The zero-order valence-electron chi connectivity index (χ0n) is 12.8. The Morgan fingerprint density at radius 2 is 2.05 bits per heavy atom. The molecule has 0 bridgehead atoms. The molecule has 1 rings (SSSR count). The van der Waals surface area contributed by atoms with Crippen molar-refractivity contribution in [3.8, 4) is 5.75 Å². The monoisotopic (exact) mass is 265 g/mol. The molecule has 0 aliphatic heterocycles. The first-order chi connectivity index (χ1) is 8.83. The van der Waals surface area contributed by atoms with Gasteiger partial charge in [0.15, 0.2) is 0 Å². The number of ether oxygens (including phenoxy) is 1. The van der Waals surface area contributed by atoms with Crippen LogP contribution >= 0.6 is 0 Å². The highest BCUT2D eigenvalue weighted by molar-refractivity contribution is 5.37. The molecule has 0 heterocycles. The summed E-state index contributed by atoms with van der Waals surface area (Å²) in [6, 6.07) is 6.63. The molecule has 19 heavy (non-hydrogen) atoms. The summed E-state index contributed by atoms with van der Waals surface area (Å²) in [5, 5.41) is 13.1. The van der Waals surface area contributed by atoms with E-state index in [0.717, 1.165) is 17.9 Å². The fourth-order valence-corrected chi connectivity index (χ4v) is 1.94. The Morgan fingerprint density at radius 1 is 1.37 bits per heavy atom. The molecule has 0 saturated carbocycles. The summed E-state index contributed by atoms with van der Waals surface area (Å²) in [5.74, 6) is 0.900. The molecule has 1 aromatic carbocycles. The van der Waals surface area contributed by atoms with Crippen molar-refractivity contribution < 1.29 is 9.84 Å². The third kappa shape index (κ3) is 5.62. The first-order valence-corrected chi connectivity index (χ1v) is 7.02. The van der Waals surface area contributed by atoms with Crippen LogP contribution in [0.3, 0.4) is 0 Å². The van der Waals surface area contributed by atoms with Crippen molar-refractivity contribution in [2.24, 2.45) is 0 Å². The lowest BCUT2D eigenvalue weighted by Gasteiger charge is -2.19. The minimum atomic E-state index is -0.673. The molecule has 3 nitrogen and oxygen atoms in total. The maximum absolute atomic E-state index is 9.65. The fourth-order valence-electron chi connectivity index (χ4n) is 1.94. The zero-order chi connectivity index (χ0) is 14.5. The van der Waals surface area contributed by atoms with E-state index >= 15 is 0 Å². The quantitative estimate of drug-likeness (QED) is 0.795. The van der Waals surface area contributed by atoms with Crippen molar-refractivity contribution in [1.82, 2.24) is 5.32 Å². The van der Waals surface area contributed by atoms with Gasteiger partial charge in [-0.1, -0.05) is 19.1 Å². The number of aliphatic hydroxyl groups is 1. The zero-order valence-corrected chi connectivity index (χ0v) is 12.8. The summed E-state index contributed by atoms with van der Waals surface area (Å²) in [7, 11) is 0. The number of aryl methyl sites for hydroxylation is 1. The summed E-state index contributed by atoms with van der Waals surface area (Å²) in [5.41, 5.74) is 1.74. The second-order valence-corrected chi connectivity index (χ2v) is 5.72. The van der Waals surface area contributed by atoms with Gasteiger partial charge in [-0.3, -0.25) is 0 Å². The van der Waals surface area contributed by atoms with Gasteiger partial charge in [0.25, 0.3) is 0 Å². The number of hydrogen-bond acceptors (Lipinski definition) is 3. The second-order valence-electron chi connectivity index (χ2n) is 5.72. The summed E-state index contributed by atoms with van der Waals surface area (Å²) < 4.78 is 5.73. The minimum absolute atomic E-state index is 0.356. The number of hydrogen-bond donors (Lipinski definition) is 2. The Hall–Kier alpha value is -1.06. The molecule has 0 aliphatic rings. The molecule has 0 aliphatic carbocycles. The van der Waals surface area contributed by atoms with Gasteiger partial charge >= 0.3 is 0 Å². The Kier molecular flexibility index (Phi) is 5.83. The predicted molar refractivity (Wildman–Crippen MR) is 79.7 cm³/mol. The SMILES string of the molecule is CCNC(C)c1ccc(OCCC(C)(C)O)c(C)c1. The van der Waals surface area contributed by atoms with E-state index in [1.807, 2.05) is 6.07 Å². The van der Waals surface area contributed by atoms with Crippen LogP contribution in [0.15, 0.2) is 18.2 Å². The summed E-state index contributed by atoms with van der Waals surface area (Å²) >= 11 is 0. The molecule has 1 atom stereocenters. The molecule has 0 radical (unpaired) electrons. The highest BCUT2D eigenvalue weighted by Crippen LogP contribution is 2.23. The van der Waals surface area contributed by atoms with Crippen molar-refractivity contribution in [3.63, 3.8) is 0 Å². The van der Waals surface area contributed by atoms with Gasteiger partial charge in [-0.2, -0.15) is 0 Å². The lowest BCUT2D eigenvalue weighted by molar-refractivity contribution is 0.0552. The van der Waals surface area contributed by atoms with Gasteiger partial charge in [-0.25, -0.2) is 0 Å². The first kappa shape index (κ1) is 16.0. The molecule has 3 heteroatoms. The van der Waals surface area contributed by atoms with Crippen LogP contribution in [-0.2, 0) is 0 Å². The molecule has 0 saturated heterocycles. The maximum Gasteiger partial charge on any atom is 0.122 e. The summed E-state index contributed by atoms with van der Waals surface area (Å²) in [4.78, 5) is 0. The van der Waals surface area contributed by atoms with Crippen LogP contribution in [0.1, 0.15) is 51.3 Å². The lowest BCUT2D eigenvalue weighted by atomic mass is 10.0. The standard InChI is InChI=1S/C16H27NO2/c1-6-17-13(3)14-7-8-15(12(2)11-14)19-10-9-16(4,5)18/h7-8,11,13,17-18H,6,9-10H2,1-5H3.